The minimum Gasteiger partial charge on any atom is -0.444 e. The standard InChI is InChI=1S/C21H22N2O3.C10H19NO3/c1-3-6-17-13-23(19-8-5-4-7-18(19)22-20(17)25)21(26)16-11-9-15(10-12-16)14(2)24;1-7(8(2)12)11(6)9(13)14-10(3,4)5/h4-5,7-12,17H,3,6,13H2,1-2H3,(H,22,25);7H,1-6H3/t;7-/m.0/s1. The fourth-order valence-corrected chi connectivity index (χ4v) is 3.98. The first-order valence-corrected chi connectivity index (χ1v) is 13.4. The number of nitrogens with zero attached hydrogens (tertiary/aromatic N) is 2. The second-order valence-corrected chi connectivity index (χ2v) is 10.9. The topological polar surface area (TPSA) is 113 Å². The number of carbonyl (C=O) groups is 5. The van der Waals surface area contributed by atoms with E-state index in [0.717, 1.165) is 6.42 Å². The Morgan fingerprint density at radius 3 is 2.12 bits per heavy atom. The lowest BCUT2D eigenvalue weighted by Crippen LogP contribution is -2.42. The van der Waals surface area contributed by atoms with Crippen molar-refractivity contribution in [2.24, 2.45) is 5.92 Å². The van der Waals surface area contributed by atoms with Crippen LogP contribution in [-0.4, -0.2) is 59.6 Å². The second-order valence-electron chi connectivity index (χ2n) is 10.9. The van der Waals surface area contributed by atoms with Crippen molar-refractivity contribution in [3.8, 4) is 0 Å². The molecule has 9 nitrogen and oxygen atoms in total. The number of carbonyl (C=O) groups excluding carboxylic acids is 5. The van der Waals surface area contributed by atoms with Crippen LogP contribution < -0.4 is 10.2 Å². The molecule has 0 fully saturated rings. The van der Waals surface area contributed by atoms with E-state index in [2.05, 4.69) is 5.32 Å². The molecule has 0 aliphatic carbocycles. The maximum Gasteiger partial charge on any atom is 0.410 e. The third-order valence-corrected chi connectivity index (χ3v) is 6.50. The van der Waals surface area contributed by atoms with Crippen LogP contribution in [0.25, 0.3) is 0 Å². The van der Waals surface area contributed by atoms with Gasteiger partial charge in [-0.3, -0.25) is 19.2 Å². The van der Waals surface area contributed by atoms with E-state index in [4.69, 9.17) is 4.74 Å². The molecule has 0 radical (unpaired) electrons. The van der Waals surface area contributed by atoms with Crippen molar-refractivity contribution < 1.29 is 28.7 Å². The molecule has 1 N–H and O–H groups in total. The monoisotopic (exact) mass is 551 g/mol. The molecule has 2 atom stereocenters. The number of nitrogens with one attached hydrogen (secondary N) is 1. The lowest BCUT2D eigenvalue weighted by Gasteiger charge is -2.27. The summed E-state index contributed by atoms with van der Waals surface area (Å²) in [5.74, 6) is -0.584. The maximum atomic E-state index is 13.2. The summed E-state index contributed by atoms with van der Waals surface area (Å²) in [7, 11) is 1.56. The van der Waals surface area contributed by atoms with E-state index in [-0.39, 0.29) is 29.3 Å². The van der Waals surface area contributed by atoms with Gasteiger partial charge in [-0.15, -0.1) is 0 Å². The van der Waals surface area contributed by atoms with Gasteiger partial charge in [-0.05, 0) is 72.2 Å². The third kappa shape index (κ3) is 8.76. The number of Topliss-reactive ketones (excluding diaryl/α,β-unsaturated/α-hetero) is 2. The lowest BCUT2D eigenvalue weighted by molar-refractivity contribution is -0.121. The van der Waals surface area contributed by atoms with Crippen molar-refractivity contribution in [3.63, 3.8) is 0 Å². The Morgan fingerprint density at radius 1 is 1.02 bits per heavy atom. The fraction of sp³-hybridized carbons (Fsp3) is 0.452. The normalized spacial score (nSPS) is 15.3. The highest BCUT2D eigenvalue weighted by Crippen LogP contribution is 2.32. The van der Waals surface area contributed by atoms with Crippen LogP contribution in [0.15, 0.2) is 48.5 Å². The van der Waals surface area contributed by atoms with Crippen molar-refractivity contribution in [3.05, 3.63) is 59.7 Å². The van der Waals surface area contributed by atoms with Crippen LogP contribution in [0.5, 0.6) is 0 Å². The molecule has 0 saturated carbocycles. The molecule has 3 rings (SSSR count). The highest BCUT2D eigenvalue weighted by atomic mass is 16.6. The molecule has 1 heterocycles. The van der Waals surface area contributed by atoms with Crippen molar-refractivity contribution in [1.29, 1.82) is 0 Å². The summed E-state index contributed by atoms with van der Waals surface area (Å²) in [6.07, 6.45) is 1.11. The Bertz CT molecular complexity index is 1230. The van der Waals surface area contributed by atoms with Crippen LogP contribution in [0.4, 0.5) is 16.2 Å². The van der Waals surface area contributed by atoms with Gasteiger partial charge in [0.2, 0.25) is 5.91 Å². The smallest absolute Gasteiger partial charge is 0.410 e. The fourth-order valence-electron chi connectivity index (χ4n) is 3.98. The van der Waals surface area contributed by atoms with Crippen molar-refractivity contribution in [1.82, 2.24) is 4.90 Å². The van der Waals surface area contributed by atoms with Crippen LogP contribution >= 0.6 is 0 Å². The van der Waals surface area contributed by atoms with Gasteiger partial charge in [0.15, 0.2) is 11.6 Å². The van der Waals surface area contributed by atoms with Gasteiger partial charge < -0.3 is 19.9 Å². The predicted octanol–water partition coefficient (Wildman–Crippen LogP) is 5.74. The molecule has 1 aliphatic heterocycles. The van der Waals surface area contributed by atoms with Gasteiger partial charge >= 0.3 is 6.09 Å². The van der Waals surface area contributed by atoms with E-state index < -0.39 is 17.7 Å². The zero-order valence-corrected chi connectivity index (χ0v) is 24.7. The molecule has 1 aliphatic rings. The molecule has 1 unspecified atom stereocenters. The molecular formula is C31H41N3O6. The number of ketones is 2. The molecule has 40 heavy (non-hydrogen) atoms. The van der Waals surface area contributed by atoms with Crippen LogP contribution in [0, 0.1) is 5.92 Å². The number of hydrogen-bond acceptors (Lipinski definition) is 6. The van der Waals surface area contributed by atoms with Gasteiger partial charge in [0, 0.05) is 24.7 Å². The first-order valence-electron chi connectivity index (χ1n) is 13.4. The molecule has 216 valence electrons. The van der Waals surface area contributed by atoms with E-state index in [9.17, 15) is 24.0 Å². The van der Waals surface area contributed by atoms with Gasteiger partial charge in [-0.25, -0.2) is 4.79 Å². The van der Waals surface area contributed by atoms with E-state index >= 15 is 0 Å². The van der Waals surface area contributed by atoms with E-state index in [1.165, 1.54) is 18.7 Å². The maximum absolute atomic E-state index is 13.2. The van der Waals surface area contributed by atoms with Crippen molar-refractivity contribution >= 4 is 40.8 Å². The third-order valence-electron chi connectivity index (χ3n) is 6.50. The average Bonchev–Trinajstić information content (AvgIpc) is 3.03. The van der Waals surface area contributed by atoms with Crippen molar-refractivity contribution in [2.45, 2.75) is 73.0 Å². The molecule has 2 aromatic rings. The zero-order chi connectivity index (χ0) is 30.2. The summed E-state index contributed by atoms with van der Waals surface area (Å²) >= 11 is 0. The zero-order valence-electron chi connectivity index (χ0n) is 24.7. The number of anilines is 2. The summed E-state index contributed by atoms with van der Waals surface area (Å²) in [4.78, 5) is 62.5. The summed E-state index contributed by atoms with van der Waals surface area (Å²) in [5, 5.41) is 2.94. The number of ether oxygens (including phenoxy) is 1. The molecule has 3 amide bonds. The number of amides is 3. The quantitative estimate of drug-likeness (QED) is 0.459. The van der Waals surface area contributed by atoms with Gasteiger partial charge in [0.1, 0.15) is 5.60 Å². The molecular weight excluding hydrogens is 510 g/mol. The van der Waals surface area contributed by atoms with Crippen LogP contribution in [0.3, 0.4) is 0 Å². The second kappa shape index (κ2) is 13.9. The first-order chi connectivity index (χ1) is 18.7. The molecule has 0 saturated heterocycles. The molecule has 0 spiro atoms. The Labute approximate surface area is 236 Å². The van der Waals surface area contributed by atoms with Gasteiger partial charge in [0.05, 0.1) is 23.3 Å². The highest BCUT2D eigenvalue weighted by Gasteiger charge is 2.31. The Morgan fingerprint density at radius 2 is 1.60 bits per heavy atom. The number of hydrogen-bond donors (Lipinski definition) is 1. The number of para-hydroxylation sites is 2. The predicted molar refractivity (Wildman–Crippen MR) is 156 cm³/mol. The lowest BCUT2D eigenvalue weighted by atomic mass is 10.0. The van der Waals surface area contributed by atoms with E-state index in [1.807, 2.05) is 25.1 Å². The summed E-state index contributed by atoms with van der Waals surface area (Å²) in [5.41, 5.74) is 1.87. The minimum absolute atomic E-state index is 0.0399. The van der Waals surface area contributed by atoms with E-state index in [0.29, 0.717) is 35.5 Å². The van der Waals surface area contributed by atoms with Crippen LogP contribution in [0.2, 0.25) is 0 Å². The Hall–Kier alpha value is -4.01. The highest BCUT2D eigenvalue weighted by molar-refractivity contribution is 6.11. The number of fused-ring (bicyclic) bond motifs is 1. The summed E-state index contributed by atoms with van der Waals surface area (Å²) < 4.78 is 5.11. The Kier molecular flexibility index (Phi) is 11.2. The van der Waals surface area contributed by atoms with Gasteiger partial charge in [-0.2, -0.15) is 0 Å². The largest absolute Gasteiger partial charge is 0.444 e. The van der Waals surface area contributed by atoms with Crippen LogP contribution in [0.1, 0.15) is 82.0 Å². The molecule has 0 bridgehead atoms. The molecule has 9 heteroatoms. The summed E-state index contributed by atoms with van der Waals surface area (Å²) in [6.45, 7) is 12.3. The number of rotatable bonds is 6. The summed E-state index contributed by atoms with van der Waals surface area (Å²) in [6, 6.07) is 13.5. The minimum atomic E-state index is -0.526. The van der Waals surface area contributed by atoms with Gasteiger partial charge in [0.25, 0.3) is 5.91 Å². The molecule has 2 aromatic carbocycles. The van der Waals surface area contributed by atoms with Crippen LogP contribution in [-0.2, 0) is 14.3 Å². The first kappa shape index (κ1) is 32.2. The SMILES string of the molecule is CC(=O)[C@H](C)N(C)C(=O)OC(C)(C)C.CCCC1CN(C(=O)c2ccc(C(C)=O)cc2)c2ccccc2NC1=O. The Balaban J connectivity index is 0.000000342. The molecule has 0 aromatic heterocycles. The van der Waals surface area contributed by atoms with Crippen molar-refractivity contribution in [2.75, 3.05) is 23.8 Å². The van der Waals surface area contributed by atoms with E-state index in [1.54, 1.807) is 70.0 Å². The van der Waals surface area contributed by atoms with Gasteiger partial charge in [-0.1, -0.05) is 37.6 Å². The number of benzene rings is 2. The average molecular weight is 552 g/mol. The number of likely N-dealkylation sites (N-methyl/N-ethyl adjacent to an activating group) is 1.